The molecule has 0 bridgehead atoms. The van der Waals surface area contributed by atoms with Crippen LogP contribution in [0.1, 0.15) is 31.1 Å². The summed E-state index contributed by atoms with van der Waals surface area (Å²) < 4.78 is 5.49. The van der Waals surface area contributed by atoms with Crippen LogP contribution >= 0.6 is 0 Å². The van der Waals surface area contributed by atoms with Gasteiger partial charge in [-0.1, -0.05) is 30.3 Å². The molecule has 1 fully saturated rings. The van der Waals surface area contributed by atoms with E-state index < -0.39 is 0 Å². The number of hydrogen-bond donors (Lipinski definition) is 1. The van der Waals surface area contributed by atoms with E-state index in [0.717, 1.165) is 38.2 Å². The summed E-state index contributed by atoms with van der Waals surface area (Å²) in [4.78, 5) is 2.38. The lowest BCUT2D eigenvalue weighted by atomic mass is 9.99. The second kappa shape index (κ2) is 6.04. The van der Waals surface area contributed by atoms with Gasteiger partial charge in [-0.05, 0) is 37.5 Å². The molecule has 1 heterocycles. The number of rotatable bonds is 7. The standard InChI is InChI=1S/C18H23NO2/c1-15(20)18(9-10-18)14-19(13-17-8-5-11-21-17)12-16-6-3-2-4-7-16/h2-8,11,15,20H,9-10,12-14H2,1H3. The van der Waals surface area contributed by atoms with Gasteiger partial charge in [0.1, 0.15) is 5.76 Å². The molecular weight excluding hydrogens is 262 g/mol. The van der Waals surface area contributed by atoms with Gasteiger partial charge in [0.2, 0.25) is 0 Å². The number of nitrogens with zero attached hydrogens (tertiary/aromatic N) is 1. The predicted molar refractivity (Wildman–Crippen MR) is 82.6 cm³/mol. The van der Waals surface area contributed by atoms with Crippen molar-refractivity contribution >= 4 is 0 Å². The van der Waals surface area contributed by atoms with Crippen molar-refractivity contribution in [2.75, 3.05) is 6.54 Å². The Kier molecular flexibility index (Phi) is 4.13. The SMILES string of the molecule is CC(O)C1(CN(Cc2ccccc2)Cc2ccco2)CC1. The van der Waals surface area contributed by atoms with Crippen LogP contribution in [0.2, 0.25) is 0 Å². The maximum absolute atomic E-state index is 10.0. The van der Waals surface area contributed by atoms with Gasteiger partial charge < -0.3 is 9.52 Å². The van der Waals surface area contributed by atoms with Gasteiger partial charge in [0.25, 0.3) is 0 Å². The van der Waals surface area contributed by atoms with E-state index in [0.29, 0.717) is 0 Å². The highest BCUT2D eigenvalue weighted by Gasteiger charge is 2.47. The van der Waals surface area contributed by atoms with E-state index in [2.05, 4.69) is 29.2 Å². The minimum Gasteiger partial charge on any atom is -0.468 e. The summed E-state index contributed by atoms with van der Waals surface area (Å²) in [6.45, 7) is 4.51. The molecule has 0 radical (unpaired) electrons. The van der Waals surface area contributed by atoms with Crippen molar-refractivity contribution in [3.8, 4) is 0 Å². The van der Waals surface area contributed by atoms with Gasteiger partial charge in [-0.15, -0.1) is 0 Å². The first-order valence-electron chi connectivity index (χ1n) is 7.65. The zero-order valence-electron chi connectivity index (χ0n) is 12.5. The number of aliphatic hydroxyl groups excluding tert-OH is 1. The predicted octanol–water partition coefficient (Wildman–Crippen LogP) is 3.44. The lowest BCUT2D eigenvalue weighted by molar-refractivity contribution is 0.0696. The monoisotopic (exact) mass is 285 g/mol. The Morgan fingerprint density at radius 3 is 2.48 bits per heavy atom. The van der Waals surface area contributed by atoms with Crippen LogP contribution in [-0.2, 0) is 13.1 Å². The van der Waals surface area contributed by atoms with Crippen LogP contribution in [0, 0.1) is 5.41 Å². The summed E-state index contributed by atoms with van der Waals surface area (Å²) in [7, 11) is 0. The second-order valence-electron chi connectivity index (χ2n) is 6.25. The van der Waals surface area contributed by atoms with Gasteiger partial charge in [-0.25, -0.2) is 0 Å². The summed E-state index contributed by atoms with van der Waals surface area (Å²) in [6, 6.07) is 14.4. The van der Waals surface area contributed by atoms with Gasteiger partial charge >= 0.3 is 0 Å². The molecule has 0 saturated heterocycles. The molecule has 21 heavy (non-hydrogen) atoms. The number of hydrogen-bond acceptors (Lipinski definition) is 3. The molecule has 1 aromatic heterocycles. The summed E-state index contributed by atoms with van der Waals surface area (Å²) in [5.41, 5.74) is 1.38. The molecule has 3 heteroatoms. The fourth-order valence-corrected chi connectivity index (χ4v) is 2.95. The highest BCUT2D eigenvalue weighted by molar-refractivity contribution is 5.15. The summed E-state index contributed by atoms with van der Waals surface area (Å²) in [6.07, 6.45) is 3.71. The molecule has 1 aliphatic rings. The van der Waals surface area contributed by atoms with Crippen molar-refractivity contribution in [2.45, 2.75) is 39.0 Å². The number of benzene rings is 1. The maximum Gasteiger partial charge on any atom is 0.117 e. The number of furan rings is 1. The molecule has 3 rings (SSSR count). The molecule has 1 N–H and O–H groups in total. The van der Waals surface area contributed by atoms with Crippen LogP contribution in [0.25, 0.3) is 0 Å². The topological polar surface area (TPSA) is 36.6 Å². The minimum atomic E-state index is -0.243. The molecule has 1 saturated carbocycles. The van der Waals surface area contributed by atoms with Gasteiger partial charge in [0, 0.05) is 18.5 Å². The van der Waals surface area contributed by atoms with E-state index in [9.17, 15) is 5.11 Å². The second-order valence-corrected chi connectivity index (χ2v) is 6.25. The van der Waals surface area contributed by atoms with Crippen molar-refractivity contribution < 1.29 is 9.52 Å². The molecule has 0 amide bonds. The third-order valence-electron chi connectivity index (χ3n) is 4.53. The van der Waals surface area contributed by atoms with E-state index in [1.165, 1.54) is 5.56 Å². The van der Waals surface area contributed by atoms with E-state index in [-0.39, 0.29) is 11.5 Å². The van der Waals surface area contributed by atoms with E-state index in [1.54, 1.807) is 6.26 Å². The fraction of sp³-hybridized carbons (Fsp3) is 0.444. The highest BCUT2D eigenvalue weighted by atomic mass is 16.3. The largest absolute Gasteiger partial charge is 0.468 e. The summed E-state index contributed by atoms with van der Waals surface area (Å²) >= 11 is 0. The van der Waals surface area contributed by atoms with Crippen LogP contribution in [-0.4, -0.2) is 22.7 Å². The van der Waals surface area contributed by atoms with E-state index in [4.69, 9.17) is 4.42 Å². The Morgan fingerprint density at radius 2 is 1.90 bits per heavy atom. The van der Waals surface area contributed by atoms with Crippen molar-refractivity contribution in [2.24, 2.45) is 5.41 Å². The van der Waals surface area contributed by atoms with Crippen molar-refractivity contribution in [3.63, 3.8) is 0 Å². The fourth-order valence-electron chi connectivity index (χ4n) is 2.95. The van der Waals surface area contributed by atoms with Crippen LogP contribution in [0.3, 0.4) is 0 Å². The Balaban J connectivity index is 1.71. The zero-order valence-corrected chi connectivity index (χ0v) is 12.5. The molecule has 0 spiro atoms. The first kappa shape index (κ1) is 14.4. The van der Waals surface area contributed by atoms with Crippen molar-refractivity contribution in [1.82, 2.24) is 4.90 Å². The lowest BCUT2D eigenvalue weighted by Gasteiger charge is -2.28. The molecule has 3 nitrogen and oxygen atoms in total. The highest BCUT2D eigenvalue weighted by Crippen LogP contribution is 2.49. The van der Waals surface area contributed by atoms with Crippen molar-refractivity contribution in [3.05, 3.63) is 60.1 Å². The van der Waals surface area contributed by atoms with Crippen LogP contribution < -0.4 is 0 Å². The molecule has 1 unspecified atom stereocenters. The van der Waals surface area contributed by atoms with Gasteiger partial charge in [0.05, 0.1) is 18.9 Å². The maximum atomic E-state index is 10.0. The lowest BCUT2D eigenvalue weighted by Crippen LogP contribution is -2.35. The minimum absolute atomic E-state index is 0.0847. The molecular formula is C18H23NO2. The molecule has 2 aromatic rings. The van der Waals surface area contributed by atoms with Gasteiger partial charge in [-0.2, -0.15) is 0 Å². The Labute approximate surface area is 126 Å². The Bertz CT molecular complexity index is 544. The average Bonchev–Trinajstić information content (AvgIpc) is 3.08. The average molecular weight is 285 g/mol. The Hall–Kier alpha value is -1.58. The first-order valence-corrected chi connectivity index (χ1v) is 7.65. The molecule has 1 atom stereocenters. The zero-order chi connectivity index (χ0) is 14.7. The van der Waals surface area contributed by atoms with Crippen LogP contribution in [0.5, 0.6) is 0 Å². The third kappa shape index (κ3) is 3.55. The van der Waals surface area contributed by atoms with E-state index in [1.807, 2.05) is 25.1 Å². The summed E-state index contributed by atoms with van der Waals surface area (Å²) in [5.74, 6) is 0.979. The van der Waals surface area contributed by atoms with Crippen LogP contribution in [0.15, 0.2) is 53.1 Å². The molecule has 112 valence electrons. The Morgan fingerprint density at radius 1 is 1.14 bits per heavy atom. The molecule has 1 aromatic carbocycles. The van der Waals surface area contributed by atoms with Crippen LogP contribution in [0.4, 0.5) is 0 Å². The third-order valence-corrected chi connectivity index (χ3v) is 4.53. The van der Waals surface area contributed by atoms with Gasteiger partial charge in [0.15, 0.2) is 0 Å². The first-order chi connectivity index (χ1) is 10.2. The van der Waals surface area contributed by atoms with Crippen molar-refractivity contribution in [1.29, 1.82) is 0 Å². The smallest absolute Gasteiger partial charge is 0.117 e. The number of aliphatic hydroxyl groups is 1. The van der Waals surface area contributed by atoms with Gasteiger partial charge in [-0.3, -0.25) is 4.90 Å². The molecule has 0 aliphatic heterocycles. The van der Waals surface area contributed by atoms with E-state index >= 15 is 0 Å². The summed E-state index contributed by atoms with van der Waals surface area (Å²) in [5, 5.41) is 10.0. The normalized spacial score (nSPS) is 17.9. The quantitative estimate of drug-likeness (QED) is 0.846. The molecule has 1 aliphatic carbocycles.